The number of hydrogen-bond acceptors (Lipinski definition) is 0. The maximum Gasteiger partial charge on any atom is 0.0662 e. The summed E-state index contributed by atoms with van der Waals surface area (Å²) in [7, 11) is 0. The molecule has 45 heavy (non-hydrogen) atoms. The molecule has 0 aliphatic heterocycles. The molecule has 12 rings (SSSR count). The number of fused-ring (bicyclic) bond motifs is 15. The first-order valence-corrected chi connectivity index (χ1v) is 15.6. The summed E-state index contributed by atoms with van der Waals surface area (Å²) in [5.74, 6) is 0. The van der Waals surface area contributed by atoms with Crippen molar-refractivity contribution in [2.24, 2.45) is 0 Å². The molecule has 0 bridgehead atoms. The van der Waals surface area contributed by atoms with E-state index in [1.807, 2.05) is 0 Å². The third kappa shape index (κ3) is 2.43. The normalized spacial score (nSPS) is 12.9. The summed E-state index contributed by atoms with van der Waals surface area (Å²) in [4.78, 5) is 0. The van der Waals surface area contributed by atoms with Crippen molar-refractivity contribution < 1.29 is 0 Å². The zero-order valence-electron chi connectivity index (χ0n) is 24.1. The van der Waals surface area contributed by atoms with Crippen LogP contribution in [0.2, 0.25) is 0 Å². The van der Waals surface area contributed by atoms with Crippen LogP contribution in [0.25, 0.3) is 104 Å². The van der Waals surface area contributed by atoms with Crippen LogP contribution in [0.1, 0.15) is 0 Å². The fourth-order valence-corrected chi connectivity index (χ4v) is 8.85. The summed E-state index contributed by atoms with van der Waals surface area (Å²) in [6.45, 7) is 0. The number of rotatable bonds is 1. The van der Waals surface area contributed by atoms with Crippen molar-refractivity contribution in [1.29, 1.82) is 0 Å². The molecule has 12 aromatic rings. The second-order valence-corrected chi connectivity index (χ2v) is 12.5. The molecule has 0 saturated heterocycles. The lowest BCUT2D eigenvalue weighted by molar-refractivity contribution is 1.21. The van der Waals surface area contributed by atoms with Crippen molar-refractivity contribution in [2.75, 3.05) is 0 Å². The van der Waals surface area contributed by atoms with Crippen LogP contribution in [0.4, 0.5) is 0 Å². The topological polar surface area (TPSA) is 13.8 Å². The van der Waals surface area contributed by atoms with E-state index in [1.54, 1.807) is 0 Å². The monoisotopic (exact) mass is 569 g/mol. The Bertz CT molecular complexity index is 2990. The van der Waals surface area contributed by atoms with Gasteiger partial charge >= 0.3 is 0 Å². The molecular weight excluding hydrogens is 546 g/mol. The van der Waals surface area contributed by atoms with E-state index in [4.69, 9.17) is 0 Å². The molecule has 0 aliphatic rings. The highest BCUT2D eigenvalue weighted by molar-refractivity contribution is 6.33. The SMILES string of the molecule is c1ccc2c(c1)c1ccccc1n2-c1c2c3cccc4c5ccccc5n(c2cc2c1c1cccc5c6ccccc6n2c51)c43. The average molecular weight is 570 g/mol. The van der Waals surface area contributed by atoms with Gasteiger partial charge in [-0.3, -0.25) is 0 Å². The average Bonchev–Trinajstić information content (AvgIpc) is 3.88. The molecule has 5 aromatic heterocycles. The Morgan fingerprint density at radius 3 is 1.11 bits per heavy atom. The predicted octanol–water partition coefficient (Wildman–Crippen LogP) is 11.1. The van der Waals surface area contributed by atoms with Crippen LogP contribution >= 0.6 is 0 Å². The highest BCUT2D eigenvalue weighted by atomic mass is 15.0. The van der Waals surface area contributed by atoms with Gasteiger partial charge in [-0.15, -0.1) is 0 Å². The Labute approximate surface area is 256 Å². The van der Waals surface area contributed by atoms with Crippen LogP contribution in [0.3, 0.4) is 0 Å². The van der Waals surface area contributed by atoms with Crippen molar-refractivity contribution in [3.8, 4) is 5.69 Å². The molecule has 0 atom stereocenters. The summed E-state index contributed by atoms with van der Waals surface area (Å²) >= 11 is 0. The van der Waals surface area contributed by atoms with E-state index >= 15 is 0 Å². The minimum absolute atomic E-state index is 1.23. The van der Waals surface area contributed by atoms with Gasteiger partial charge in [0.2, 0.25) is 0 Å². The van der Waals surface area contributed by atoms with E-state index in [0.29, 0.717) is 0 Å². The third-order valence-electron chi connectivity index (χ3n) is 10.5. The summed E-state index contributed by atoms with van der Waals surface area (Å²) in [6.07, 6.45) is 0. The summed E-state index contributed by atoms with van der Waals surface area (Å²) in [5.41, 5.74) is 11.3. The van der Waals surface area contributed by atoms with E-state index in [2.05, 4.69) is 153 Å². The lowest BCUT2D eigenvalue weighted by atomic mass is 10.0. The fraction of sp³-hybridized carbons (Fsp3) is 0. The molecule has 3 heteroatoms. The van der Waals surface area contributed by atoms with E-state index < -0.39 is 0 Å². The minimum Gasteiger partial charge on any atom is -0.308 e. The van der Waals surface area contributed by atoms with Crippen molar-refractivity contribution in [3.05, 3.63) is 140 Å². The predicted molar refractivity (Wildman–Crippen MR) is 190 cm³/mol. The molecule has 0 saturated carbocycles. The van der Waals surface area contributed by atoms with Crippen LogP contribution in [0.5, 0.6) is 0 Å². The summed E-state index contributed by atoms with van der Waals surface area (Å²) < 4.78 is 7.61. The zero-order valence-corrected chi connectivity index (χ0v) is 24.1. The fourth-order valence-electron chi connectivity index (χ4n) is 8.85. The zero-order chi connectivity index (χ0) is 29.0. The Morgan fingerprint density at radius 2 is 0.644 bits per heavy atom. The second kappa shape index (κ2) is 7.53. The van der Waals surface area contributed by atoms with Crippen molar-refractivity contribution in [1.82, 2.24) is 13.4 Å². The Balaban J connectivity index is 1.48. The Morgan fingerprint density at radius 1 is 0.289 bits per heavy atom. The summed E-state index contributed by atoms with van der Waals surface area (Å²) in [5, 5.41) is 13.0. The van der Waals surface area contributed by atoms with Crippen LogP contribution in [0, 0.1) is 0 Å². The van der Waals surface area contributed by atoms with Gasteiger partial charge < -0.3 is 13.4 Å². The molecule has 0 aliphatic carbocycles. The molecule has 0 N–H and O–H groups in total. The maximum atomic E-state index is 2.56. The van der Waals surface area contributed by atoms with Gasteiger partial charge in [0.25, 0.3) is 0 Å². The van der Waals surface area contributed by atoms with Crippen molar-refractivity contribution >= 4 is 98.0 Å². The molecule has 0 fully saturated rings. The number of hydrogen-bond donors (Lipinski definition) is 0. The molecule has 7 aromatic carbocycles. The van der Waals surface area contributed by atoms with Gasteiger partial charge in [0.1, 0.15) is 0 Å². The lowest BCUT2D eigenvalue weighted by Gasteiger charge is -2.14. The van der Waals surface area contributed by atoms with Gasteiger partial charge in [-0.05, 0) is 30.3 Å². The Hall–Kier alpha value is -6.06. The van der Waals surface area contributed by atoms with Gasteiger partial charge in [-0.2, -0.15) is 0 Å². The first kappa shape index (κ1) is 22.5. The van der Waals surface area contributed by atoms with Gasteiger partial charge in [0.15, 0.2) is 0 Å². The first-order chi connectivity index (χ1) is 22.4. The maximum absolute atomic E-state index is 2.56. The standard InChI is InChI=1S/C42H23N3/c1-5-19-32-24(11-1)25-12-2-6-20-33(25)43(32)42-38-30-17-9-15-28-26-13-3-7-21-34(26)44(40(28)30)36(38)23-37-39(42)31-18-10-16-29-27-14-4-8-22-35(27)45(37)41(29)31/h1-23H. The minimum atomic E-state index is 1.23. The smallest absolute Gasteiger partial charge is 0.0662 e. The second-order valence-electron chi connectivity index (χ2n) is 12.5. The largest absolute Gasteiger partial charge is 0.308 e. The molecule has 0 amide bonds. The molecule has 3 nitrogen and oxygen atoms in total. The van der Waals surface area contributed by atoms with Crippen LogP contribution in [0.15, 0.2) is 140 Å². The van der Waals surface area contributed by atoms with Gasteiger partial charge in [0.05, 0.1) is 49.8 Å². The van der Waals surface area contributed by atoms with E-state index in [1.165, 1.54) is 104 Å². The molecule has 5 heterocycles. The van der Waals surface area contributed by atoms with Crippen LogP contribution in [-0.4, -0.2) is 13.4 Å². The molecular formula is C42H23N3. The number of benzene rings is 7. The number of nitrogens with zero attached hydrogens (tertiary/aromatic N) is 3. The summed E-state index contributed by atoms with van der Waals surface area (Å²) in [6, 6.07) is 51.7. The number of aromatic nitrogens is 3. The molecule has 206 valence electrons. The highest BCUT2D eigenvalue weighted by Crippen LogP contribution is 2.49. The van der Waals surface area contributed by atoms with E-state index in [0.717, 1.165) is 0 Å². The molecule has 0 spiro atoms. The van der Waals surface area contributed by atoms with E-state index in [-0.39, 0.29) is 0 Å². The molecule has 0 unspecified atom stereocenters. The lowest BCUT2D eigenvalue weighted by Crippen LogP contribution is -1.97. The quantitative estimate of drug-likeness (QED) is 0.187. The van der Waals surface area contributed by atoms with Gasteiger partial charge in [0, 0.05) is 53.9 Å². The number of para-hydroxylation sites is 6. The van der Waals surface area contributed by atoms with Crippen LogP contribution in [-0.2, 0) is 0 Å². The third-order valence-corrected chi connectivity index (χ3v) is 10.5. The molecule has 0 radical (unpaired) electrons. The van der Waals surface area contributed by atoms with Gasteiger partial charge in [-0.25, -0.2) is 0 Å². The van der Waals surface area contributed by atoms with E-state index in [9.17, 15) is 0 Å². The first-order valence-electron chi connectivity index (χ1n) is 15.6. The van der Waals surface area contributed by atoms with Gasteiger partial charge in [-0.1, -0.05) is 109 Å². The highest BCUT2D eigenvalue weighted by Gasteiger charge is 2.27. The van der Waals surface area contributed by atoms with Crippen LogP contribution < -0.4 is 0 Å². The van der Waals surface area contributed by atoms with Crippen molar-refractivity contribution in [3.63, 3.8) is 0 Å². The Kier molecular flexibility index (Phi) is 3.76. The van der Waals surface area contributed by atoms with Crippen molar-refractivity contribution in [2.45, 2.75) is 0 Å².